The number of carbonyl (C=O) groups excluding carboxylic acids is 2. The van der Waals surface area contributed by atoms with Crippen LogP contribution in [0.3, 0.4) is 0 Å². The van der Waals surface area contributed by atoms with Gasteiger partial charge in [-0.2, -0.15) is 0 Å². The fourth-order valence-corrected chi connectivity index (χ4v) is 10.4. The van der Waals surface area contributed by atoms with Crippen molar-refractivity contribution in [3.8, 4) is 22.3 Å². The summed E-state index contributed by atoms with van der Waals surface area (Å²) in [7, 11) is 0. The third kappa shape index (κ3) is 10.9. The number of carbonyl (C=O) groups is 2. The number of hydrogen-bond donors (Lipinski definition) is 4. The van der Waals surface area contributed by atoms with Crippen LogP contribution in [0.15, 0.2) is 60.7 Å². The number of nitrogens with one attached hydrogen (secondary N) is 2. The van der Waals surface area contributed by atoms with Gasteiger partial charge < -0.3 is 59.7 Å². The Morgan fingerprint density at radius 3 is 1.30 bits per heavy atom. The van der Waals surface area contributed by atoms with E-state index in [2.05, 4.69) is 106 Å². The number of hydrogen-bond acceptors (Lipinski definition) is 12. The molecule has 10 rings (SSSR count). The minimum atomic E-state index is -0.328. The number of benzene rings is 2. The summed E-state index contributed by atoms with van der Waals surface area (Å²) >= 11 is 0. The highest BCUT2D eigenvalue weighted by molar-refractivity contribution is 5.92. The molecular weight excluding hydrogens is 885 g/mol. The van der Waals surface area contributed by atoms with Crippen molar-refractivity contribution in [1.29, 1.82) is 0 Å². The zero-order valence-corrected chi connectivity index (χ0v) is 42.1. The number of amides is 4. The lowest BCUT2D eigenvalue weighted by Crippen LogP contribution is -2.59. The lowest BCUT2D eigenvalue weighted by Gasteiger charge is -2.44. The first-order valence-electron chi connectivity index (χ1n) is 25.8. The van der Waals surface area contributed by atoms with Crippen LogP contribution in [0.5, 0.6) is 0 Å². The Labute approximate surface area is 413 Å². The molecule has 0 spiro atoms. The number of aryl methyl sites for hydroxylation is 2. The molecule has 6 atom stereocenters. The first kappa shape index (κ1) is 49.3. The van der Waals surface area contributed by atoms with Crippen LogP contribution in [-0.2, 0) is 9.47 Å². The Morgan fingerprint density at radius 2 is 0.957 bits per heavy atom. The van der Waals surface area contributed by atoms with E-state index >= 15 is 0 Å². The van der Waals surface area contributed by atoms with E-state index in [1.54, 1.807) is 0 Å². The minimum Gasteiger partial charge on any atom is -0.389 e. The van der Waals surface area contributed by atoms with Crippen LogP contribution >= 0.6 is 0 Å². The fourth-order valence-electron chi connectivity index (χ4n) is 10.4. The largest absolute Gasteiger partial charge is 0.389 e. The van der Waals surface area contributed by atoms with Crippen LogP contribution in [0, 0.1) is 25.7 Å². The number of aliphatic hydroxyl groups excluding tert-OH is 2. The van der Waals surface area contributed by atoms with Gasteiger partial charge in [0.25, 0.3) is 0 Å². The number of β-amino-alcohol motifs (C(OH)–C–C–N with tert-alkyl or cyclic N) is 2. The van der Waals surface area contributed by atoms with Gasteiger partial charge in [0.1, 0.15) is 23.3 Å². The molecule has 0 aliphatic carbocycles. The first-order chi connectivity index (χ1) is 33.8. The van der Waals surface area contributed by atoms with Crippen LogP contribution in [0.2, 0.25) is 0 Å². The predicted molar refractivity (Wildman–Crippen MR) is 278 cm³/mol. The molecule has 4 amide bonds. The molecule has 6 aliphatic rings. The standard InChI is InChI=1S/2C27H37N5O3/c2*1-4-20-7-8-31(16-20)27(34)28-22-6-5-18(2)23(15-22)21-13-25(30-9-11-35-12-10-30)29-26(14-21)32-17-24(33)19(32)3/h2*5-6,13-15,19-20,24,33H,4,7-12,16-17H2,1-3H3,(H,28,34)/t19-,20+,24+;19-,20+,24-/m00/s1. The molecule has 6 saturated heterocycles. The van der Waals surface area contributed by atoms with Gasteiger partial charge in [0.05, 0.1) is 50.7 Å². The number of urea groups is 2. The Morgan fingerprint density at radius 1 is 0.571 bits per heavy atom. The fraction of sp³-hybridized carbons (Fsp3) is 0.556. The molecule has 0 radical (unpaired) electrons. The highest BCUT2D eigenvalue weighted by Gasteiger charge is 2.37. The molecule has 2 aromatic carbocycles. The van der Waals surface area contributed by atoms with E-state index in [1.807, 2.05) is 35.8 Å². The van der Waals surface area contributed by atoms with Crippen molar-refractivity contribution in [2.75, 3.05) is 122 Å². The van der Waals surface area contributed by atoms with E-state index in [1.165, 1.54) is 0 Å². The van der Waals surface area contributed by atoms with E-state index in [0.717, 1.165) is 146 Å². The van der Waals surface area contributed by atoms with Crippen LogP contribution in [0.1, 0.15) is 64.5 Å². The van der Waals surface area contributed by atoms with Crippen molar-refractivity contribution in [1.82, 2.24) is 19.8 Å². The van der Waals surface area contributed by atoms with Gasteiger partial charge in [-0.3, -0.25) is 0 Å². The molecule has 0 saturated carbocycles. The van der Waals surface area contributed by atoms with Crippen molar-refractivity contribution in [2.45, 2.75) is 91.5 Å². The van der Waals surface area contributed by atoms with Gasteiger partial charge in [-0.1, -0.05) is 38.8 Å². The molecule has 70 heavy (non-hydrogen) atoms. The summed E-state index contributed by atoms with van der Waals surface area (Å²) in [6.07, 6.45) is 3.73. The maximum atomic E-state index is 12.9. The van der Waals surface area contributed by atoms with Crippen molar-refractivity contribution in [3.05, 3.63) is 71.8 Å². The summed E-state index contributed by atoms with van der Waals surface area (Å²) in [6.45, 7) is 23.1. The van der Waals surface area contributed by atoms with Gasteiger partial charge in [-0.25, -0.2) is 19.6 Å². The number of aliphatic hydroxyl groups is 2. The van der Waals surface area contributed by atoms with Gasteiger partial charge in [-0.15, -0.1) is 0 Å². The quantitative estimate of drug-likeness (QED) is 0.124. The molecule has 376 valence electrons. The molecule has 16 heteroatoms. The van der Waals surface area contributed by atoms with Crippen LogP contribution in [0.25, 0.3) is 22.3 Å². The number of ether oxygens (including phenoxy) is 2. The zero-order chi connectivity index (χ0) is 49.1. The molecular formula is C54H74N10O6. The van der Waals surface area contributed by atoms with Gasteiger partial charge in [-0.05, 0) is 134 Å². The van der Waals surface area contributed by atoms with Crippen molar-refractivity contribution in [2.24, 2.45) is 11.8 Å². The van der Waals surface area contributed by atoms with Crippen LogP contribution < -0.4 is 30.2 Å². The normalized spacial score (nSPS) is 24.5. The lowest BCUT2D eigenvalue weighted by molar-refractivity contribution is 0.0985. The average Bonchev–Trinajstić information content (AvgIpc) is 4.10. The monoisotopic (exact) mass is 959 g/mol. The summed E-state index contributed by atoms with van der Waals surface area (Å²) in [5.41, 5.74) is 8.14. The first-order valence-corrected chi connectivity index (χ1v) is 25.8. The Kier molecular flexibility index (Phi) is 15.3. The minimum absolute atomic E-state index is 0.0245. The molecule has 2 aromatic heterocycles. The second-order valence-electron chi connectivity index (χ2n) is 20.2. The number of pyridine rings is 2. The number of rotatable bonds is 10. The Balaban J connectivity index is 0.000000174. The van der Waals surface area contributed by atoms with Crippen molar-refractivity contribution < 1.29 is 29.3 Å². The maximum absolute atomic E-state index is 12.9. The van der Waals surface area contributed by atoms with Gasteiger partial charge in [0.2, 0.25) is 0 Å². The molecule has 4 N–H and O–H groups in total. The SMILES string of the molecule is CC[C@@H]1CCN(C(=O)Nc2ccc(C)c(-c3cc(N4CCOCC4)nc(N4C[C@@H](O)[C@@H]4C)c3)c2)C1.CC[C@@H]1CCN(C(=O)Nc2ccc(C)c(-c3cc(N4CCOCC4)nc(N4C[C@H](O)[C@@H]4C)c3)c2)C1. The highest BCUT2D eigenvalue weighted by atomic mass is 16.5. The van der Waals surface area contributed by atoms with Gasteiger partial charge in [0, 0.05) is 76.8 Å². The smallest absolute Gasteiger partial charge is 0.321 e. The average molecular weight is 959 g/mol. The zero-order valence-electron chi connectivity index (χ0n) is 42.1. The molecule has 16 nitrogen and oxygen atoms in total. The number of aromatic nitrogens is 2. The molecule has 4 aromatic rings. The second-order valence-corrected chi connectivity index (χ2v) is 20.2. The van der Waals surface area contributed by atoms with Gasteiger partial charge in [0.15, 0.2) is 0 Å². The summed E-state index contributed by atoms with van der Waals surface area (Å²) in [5.74, 6) is 4.80. The Hall–Kier alpha value is -5.68. The molecule has 6 aliphatic heterocycles. The van der Waals surface area contributed by atoms with E-state index in [0.29, 0.717) is 51.4 Å². The maximum Gasteiger partial charge on any atom is 0.321 e. The van der Waals surface area contributed by atoms with Crippen molar-refractivity contribution >= 4 is 46.7 Å². The third-order valence-corrected chi connectivity index (χ3v) is 15.6. The molecule has 8 heterocycles. The molecule has 0 unspecified atom stereocenters. The van der Waals surface area contributed by atoms with E-state index < -0.39 is 0 Å². The number of morpholine rings is 2. The topological polar surface area (TPSA) is 162 Å². The third-order valence-electron chi connectivity index (χ3n) is 15.6. The number of nitrogens with zero attached hydrogens (tertiary/aromatic N) is 8. The van der Waals surface area contributed by atoms with Gasteiger partial charge >= 0.3 is 12.1 Å². The van der Waals surface area contributed by atoms with E-state index in [9.17, 15) is 19.8 Å². The molecule has 0 bridgehead atoms. The number of anilines is 6. The summed E-state index contributed by atoms with van der Waals surface area (Å²) < 4.78 is 11.1. The molecule has 6 fully saturated rings. The summed E-state index contributed by atoms with van der Waals surface area (Å²) in [6, 6.07) is 20.7. The lowest BCUT2D eigenvalue weighted by atomic mass is 9.98. The van der Waals surface area contributed by atoms with Crippen molar-refractivity contribution in [3.63, 3.8) is 0 Å². The highest BCUT2D eigenvalue weighted by Crippen LogP contribution is 2.37. The van der Waals surface area contributed by atoms with Crippen LogP contribution in [0.4, 0.5) is 44.2 Å². The van der Waals surface area contributed by atoms with E-state index in [4.69, 9.17) is 19.4 Å². The number of likely N-dealkylation sites (tertiary alicyclic amines) is 2. The predicted octanol–water partition coefficient (Wildman–Crippen LogP) is 7.45. The van der Waals surface area contributed by atoms with E-state index in [-0.39, 0.29) is 36.4 Å². The summed E-state index contributed by atoms with van der Waals surface area (Å²) in [5, 5.41) is 26.4. The summed E-state index contributed by atoms with van der Waals surface area (Å²) in [4.78, 5) is 48.4. The second kappa shape index (κ2) is 21.8. The Bertz CT molecular complexity index is 2260. The van der Waals surface area contributed by atoms with Crippen LogP contribution in [-0.4, -0.2) is 158 Å².